The number of aromatic nitrogens is 8. The fraction of sp³-hybridized carbons (Fsp3) is 0.346. The van der Waals surface area contributed by atoms with E-state index >= 15 is 0 Å². The molecule has 0 unspecified atom stereocenters. The summed E-state index contributed by atoms with van der Waals surface area (Å²) >= 11 is 5.79. The molecule has 4 aromatic carbocycles. The Morgan fingerprint density at radius 3 is 1.64 bits per heavy atom. The zero-order valence-corrected chi connectivity index (χ0v) is 42.0. The number of likely N-dealkylation sites (tertiary alicyclic amines) is 1. The molecule has 8 aromatic rings. The molecule has 3 fully saturated rings. The van der Waals surface area contributed by atoms with Crippen LogP contribution in [0, 0.1) is 5.82 Å². The van der Waals surface area contributed by atoms with Crippen molar-refractivity contribution >= 4 is 80.4 Å². The van der Waals surface area contributed by atoms with Gasteiger partial charge in [-0.05, 0) is 126 Å². The molecule has 11 rings (SSSR count). The summed E-state index contributed by atoms with van der Waals surface area (Å²) in [7, 11) is 0. The van der Waals surface area contributed by atoms with Crippen molar-refractivity contribution in [1.29, 1.82) is 0 Å². The molecule has 5 N–H and O–H groups in total. The number of rotatable bonds is 10. The SMILES string of the molecule is Cl.Cl.O=c1[nH]nc(C2CCN(CCCOc3ccc(F)cc3)CC2)c2ccccc12.O=c1[nH]nc(C2CCN(c3ccc(Cl)nn3)CC2)c2ccccc12.O=c1[nH]nc(NC2CCNCC2)c2ccccc12. The summed E-state index contributed by atoms with van der Waals surface area (Å²) < 4.78 is 18.6. The fourth-order valence-electron chi connectivity index (χ4n) is 9.58. The third kappa shape index (κ3) is 13.3. The Morgan fingerprint density at radius 2 is 1.10 bits per heavy atom. The van der Waals surface area contributed by atoms with Gasteiger partial charge in [-0.3, -0.25) is 14.4 Å². The number of piperidine rings is 3. The summed E-state index contributed by atoms with van der Waals surface area (Å²) in [6.07, 6.45) is 7.05. The monoisotopic (exact) mass is 1040 g/mol. The van der Waals surface area contributed by atoms with E-state index in [9.17, 15) is 18.8 Å². The molecule has 16 nitrogen and oxygen atoms in total. The highest BCUT2D eigenvalue weighted by Crippen LogP contribution is 2.33. The van der Waals surface area contributed by atoms with Crippen LogP contribution >= 0.6 is 36.4 Å². The molecule has 0 atom stereocenters. The molecule has 0 aliphatic carbocycles. The second-order valence-corrected chi connectivity index (χ2v) is 18.2. The smallest absolute Gasteiger partial charge is 0.272 e. The molecule has 72 heavy (non-hydrogen) atoms. The van der Waals surface area contributed by atoms with Crippen molar-refractivity contribution in [3.8, 4) is 5.75 Å². The van der Waals surface area contributed by atoms with Gasteiger partial charge in [0.05, 0.1) is 34.2 Å². The van der Waals surface area contributed by atoms with E-state index in [1.54, 1.807) is 18.2 Å². The van der Waals surface area contributed by atoms with Crippen LogP contribution < -0.4 is 36.9 Å². The van der Waals surface area contributed by atoms with E-state index in [1.807, 2.05) is 78.9 Å². The number of hydrogen-bond acceptors (Lipinski definition) is 13. The fourth-order valence-corrected chi connectivity index (χ4v) is 9.68. The lowest BCUT2D eigenvalue weighted by atomic mass is 9.90. The van der Waals surface area contributed by atoms with Crippen molar-refractivity contribution in [3.63, 3.8) is 0 Å². The second kappa shape index (κ2) is 25.7. The lowest BCUT2D eigenvalue weighted by Crippen LogP contribution is -2.35. The maximum atomic E-state index is 12.9. The van der Waals surface area contributed by atoms with Gasteiger partial charge in [0.25, 0.3) is 16.7 Å². The van der Waals surface area contributed by atoms with Gasteiger partial charge in [-0.25, -0.2) is 19.7 Å². The summed E-state index contributed by atoms with van der Waals surface area (Å²) in [5.41, 5.74) is 1.59. The molecule has 0 amide bonds. The third-order valence-corrected chi connectivity index (χ3v) is 13.5. The summed E-state index contributed by atoms with van der Waals surface area (Å²) in [4.78, 5) is 40.2. The minimum Gasteiger partial charge on any atom is -0.494 e. The van der Waals surface area contributed by atoms with Crippen molar-refractivity contribution in [2.24, 2.45) is 0 Å². The standard InChI is InChI=1S/C22H24FN3O2.C17H16ClN5O.C13H16N4O.2ClH/c23-17-6-8-18(9-7-17)28-15-3-12-26-13-10-16(11-14-26)21-19-4-1-2-5-20(19)22(27)25-24-21;18-14-5-6-15(20-19-14)23-9-7-11(8-10-23)16-12-3-1-2-4-13(12)17(24)22-21-16;18-13-11-4-2-1-3-10(11)12(16-17-13)15-9-5-7-14-8-6-9;;/h1-2,4-9,16H,3,10-15H2,(H,25,27);1-6,11H,7-10H2,(H,22,24);1-4,9,14H,5-8H2,(H,15,16)(H,17,18);2*1H. The molecule has 7 heterocycles. The summed E-state index contributed by atoms with van der Waals surface area (Å²) in [6.45, 7) is 7.42. The van der Waals surface area contributed by atoms with Gasteiger partial charge in [-0.2, -0.15) is 15.3 Å². The lowest BCUT2D eigenvalue weighted by molar-refractivity contribution is 0.192. The topological polar surface area (TPSA) is 203 Å². The molecule has 20 heteroatoms. The normalized spacial score (nSPS) is 15.6. The van der Waals surface area contributed by atoms with Crippen LogP contribution in [0.3, 0.4) is 0 Å². The van der Waals surface area contributed by atoms with Gasteiger partial charge >= 0.3 is 0 Å². The molecular weight excluding hydrogens is 982 g/mol. The number of H-pyrrole nitrogens is 3. The predicted octanol–water partition coefficient (Wildman–Crippen LogP) is 8.39. The average Bonchev–Trinajstić information content (AvgIpc) is 3.41. The minimum absolute atomic E-state index is 0. The molecule has 0 saturated carbocycles. The van der Waals surface area contributed by atoms with Crippen molar-refractivity contribution in [2.45, 2.75) is 62.8 Å². The van der Waals surface area contributed by atoms with Crippen LogP contribution in [0.4, 0.5) is 16.0 Å². The van der Waals surface area contributed by atoms with E-state index in [0.717, 1.165) is 130 Å². The van der Waals surface area contributed by atoms with Gasteiger partial charge in [0.1, 0.15) is 11.6 Å². The van der Waals surface area contributed by atoms with Gasteiger partial charge in [-0.15, -0.1) is 35.0 Å². The number of ether oxygens (including phenoxy) is 1. The van der Waals surface area contributed by atoms with E-state index in [0.29, 0.717) is 51.5 Å². The van der Waals surface area contributed by atoms with E-state index in [-0.39, 0.29) is 47.3 Å². The van der Waals surface area contributed by atoms with E-state index < -0.39 is 0 Å². The third-order valence-electron chi connectivity index (χ3n) is 13.3. The van der Waals surface area contributed by atoms with Crippen molar-refractivity contribution in [2.75, 3.05) is 62.6 Å². The van der Waals surface area contributed by atoms with E-state index in [2.05, 4.69) is 61.2 Å². The molecule has 0 bridgehead atoms. The molecule has 3 aliphatic rings. The van der Waals surface area contributed by atoms with Crippen LogP contribution in [-0.2, 0) is 0 Å². The summed E-state index contributed by atoms with van der Waals surface area (Å²) in [5.74, 6) is 2.77. The molecule has 3 aliphatic heterocycles. The highest BCUT2D eigenvalue weighted by Gasteiger charge is 2.26. The van der Waals surface area contributed by atoms with Crippen molar-refractivity contribution in [3.05, 3.63) is 163 Å². The zero-order valence-electron chi connectivity index (χ0n) is 39.6. The first-order chi connectivity index (χ1) is 34.3. The first kappa shape index (κ1) is 53.3. The van der Waals surface area contributed by atoms with Crippen molar-refractivity contribution < 1.29 is 9.13 Å². The van der Waals surface area contributed by atoms with Crippen molar-refractivity contribution in [1.82, 2.24) is 51.0 Å². The molecular formula is C52H58Cl3FN12O4. The van der Waals surface area contributed by atoms with E-state index in [4.69, 9.17) is 16.3 Å². The number of nitrogens with zero attached hydrogens (tertiary/aromatic N) is 7. The molecule has 378 valence electrons. The van der Waals surface area contributed by atoms with Crippen LogP contribution in [0.2, 0.25) is 5.15 Å². The van der Waals surface area contributed by atoms with E-state index in [1.165, 1.54) is 12.1 Å². The average molecular weight is 1040 g/mol. The first-order valence-corrected chi connectivity index (χ1v) is 24.4. The van der Waals surface area contributed by atoms with Crippen LogP contribution in [-0.4, -0.2) is 104 Å². The maximum Gasteiger partial charge on any atom is 0.272 e. The van der Waals surface area contributed by atoms with Gasteiger partial charge in [-0.1, -0.05) is 66.2 Å². The lowest BCUT2D eigenvalue weighted by Gasteiger charge is -2.32. The van der Waals surface area contributed by atoms with Gasteiger partial charge in [0.2, 0.25) is 0 Å². The number of halogens is 4. The highest BCUT2D eigenvalue weighted by molar-refractivity contribution is 6.29. The highest BCUT2D eigenvalue weighted by atomic mass is 35.5. The Balaban J connectivity index is 0.000000160. The number of hydrogen-bond donors (Lipinski definition) is 5. The van der Waals surface area contributed by atoms with Gasteiger partial charge < -0.3 is 25.2 Å². The van der Waals surface area contributed by atoms with Gasteiger partial charge in [0.15, 0.2) is 16.8 Å². The first-order valence-electron chi connectivity index (χ1n) is 24.0. The maximum absolute atomic E-state index is 12.9. The second-order valence-electron chi connectivity index (χ2n) is 17.8. The Kier molecular flexibility index (Phi) is 19.1. The summed E-state index contributed by atoms with van der Waals surface area (Å²) in [5, 5.41) is 40.8. The minimum atomic E-state index is -0.250. The van der Waals surface area contributed by atoms with Crippen LogP contribution in [0.5, 0.6) is 5.75 Å². The summed E-state index contributed by atoms with van der Waals surface area (Å²) in [6, 6.07) is 33.1. The molecule has 3 saturated heterocycles. The Hall–Kier alpha value is -6.50. The Bertz CT molecular complexity index is 3180. The number of anilines is 2. The molecule has 0 spiro atoms. The van der Waals surface area contributed by atoms with Crippen LogP contribution in [0.1, 0.15) is 68.2 Å². The van der Waals surface area contributed by atoms with Crippen LogP contribution in [0.15, 0.2) is 124 Å². The quantitative estimate of drug-likeness (QED) is 0.0819. The number of benzene rings is 4. The Morgan fingerprint density at radius 1 is 0.597 bits per heavy atom. The largest absolute Gasteiger partial charge is 0.494 e. The molecule has 4 aromatic heterocycles. The molecule has 0 radical (unpaired) electrons. The number of nitrogens with one attached hydrogen (secondary N) is 5. The Labute approximate surface area is 432 Å². The van der Waals surface area contributed by atoms with Gasteiger partial charge in [0, 0.05) is 53.7 Å². The zero-order chi connectivity index (χ0) is 48.2. The predicted molar refractivity (Wildman–Crippen MR) is 287 cm³/mol. The number of aromatic amines is 3. The van der Waals surface area contributed by atoms with Crippen LogP contribution in [0.25, 0.3) is 32.3 Å². The number of fused-ring (bicyclic) bond motifs is 3.